The molecular formula is C17H25N3O. The van der Waals surface area contributed by atoms with Gasteiger partial charge < -0.3 is 15.0 Å². The van der Waals surface area contributed by atoms with Crippen molar-refractivity contribution in [3.63, 3.8) is 0 Å². The van der Waals surface area contributed by atoms with Gasteiger partial charge in [-0.1, -0.05) is 26.0 Å². The number of hydrogen-bond acceptors (Lipinski definition) is 3. The summed E-state index contributed by atoms with van der Waals surface area (Å²) in [6.07, 6.45) is 6.29. The molecule has 0 saturated carbocycles. The van der Waals surface area contributed by atoms with Crippen molar-refractivity contribution in [2.75, 3.05) is 6.54 Å². The van der Waals surface area contributed by atoms with Crippen molar-refractivity contribution in [2.24, 2.45) is 5.92 Å². The predicted octanol–water partition coefficient (Wildman–Crippen LogP) is 2.76. The Bertz CT molecular complexity index is 530. The van der Waals surface area contributed by atoms with E-state index in [-0.39, 0.29) is 0 Å². The Morgan fingerprint density at radius 1 is 1.29 bits per heavy atom. The first kappa shape index (κ1) is 15.7. The lowest BCUT2D eigenvalue weighted by atomic mass is 9.94. The van der Waals surface area contributed by atoms with Crippen LogP contribution in [0.3, 0.4) is 0 Å². The van der Waals surface area contributed by atoms with Crippen molar-refractivity contribution < 1.29 is 5.11 Å². The molecule has 0 aliphatic carbocycles. The fourth-order valence-corrected chi connectivity index (χ4v) is 2.63. The smallest absolute Gasteiger partial charge is 0.0991 e. The summed E-state index contributed by atoms with van der Waals surface area (Å²) in [5.74, 6) is 0.497. The molecule has 1 unspecified atom stereocenters. The molecule has 0 aliphatic heterocycles. The van der Waals surface area contributed by atoms with E-state index in [1.807, 2.05) is 17.7 Å². The number of nitrogens with zero attached hydrogens (tertiary/aromatic N) is 2. The van der Waals surface area contributed by atoms with Crippen molar-refractivity contribution in [2.45, 2.75) is 39.3 Å². The van der Waals surface area contributed by atoms with Crippen molar-refractivity contribution in [3.05, 3.63) is 48.5 Å². The van der Waals surface area contributed by atoms with Gasteiger partial charge in [-0.25, -0.2) is 4.98 Å². The highest BCUT2D eigenvalue weighted by Gasteiger charge is 2.20. The molecule has 1 heterocycles. The first-order valence-electron chi connectivity index (χ1n) is 7.47. The van der Waals surface area contributed by atoms with Gasteiger partial charge in [-0.2, -0.15) is 0 Å². The van der Waals surface area contributed by atoms with Crippen molar-refractivity contribution >= 4 is 0 Å². The van der Waals surface area contributed by atoms with Crippen LogP contribution in [0.25, 0.3) is 5.69 Å². The fourth-order valence-electron chi connectivity index (χ4n) is 2.63. The van der Waals surface area contributed by atoms with Crippen LogP contribution in [0.4, 0.5) is 0 Å². The number of nitrogens with one attached hydrogen (secondary N) is 1. The van der Waals surface area contributed by atoms with E-state index in [1.54, 1.807) is 12.5 Å². The van der Waals surface area contributed by atoms with Gasteiger partial charge in [0.15, 0.2) is 0 Å². The Morgan fingerprint density at radius 2 is 2.00 bits per heavy atom. The molecule has 21 heavy (non-hydrogen) atoms. The first-order chi connectivity index (χ1) is 9.96. The molecule has 0 bridgehead atoms. The van der Waals surface area contributed by atoms with Crippen LogP contribution in [0.15, 0.2) is 43.0 Å². The van der Waals surface area contributed by atoms with Crippen molar-refractivity contribution in [1.29, 1.82) is 0 Å². The fraction of sp³-hybridized carbons (Fsp3) is 0.471. The minimum absolute atomic E-state index is 0.497. The summed E-state index contributed by atoms with van der Waals surface area (Å²) in [6, 6.07) is 8.34. The number of aliphatic hydroxyl groups is 1. The SMILES string of the molecule is CC(C)CC(C)(O)CNCc1ccc(-n2ccnc2)cc1. The molecule has 4 nitrogen and oxygen atoms in total. The number of benzene rings is 1. The maximum atomic E-state index is 10.3. The zero-order chi connectivity index (χ0) is 15.3. The van der Waals surface area contributed by atoms with Crippen LogP contribution in [-0.4, -0.2) is 26.8 Å². The van der Waals surface area contributed by atoms with Gasteiger partial charge in [0.25, 0.3) is 0 Å². The number of rotatable bonds is 7. The average Bonchev–Trinajstić information content (AvgIpc) is 2.91. The Labute approximate surface area is 126 Å². The molecule has 4 heteroatoms. The lowest BCUT2D eigenvalue weighted by Crippen LogP contribution is -2.38. The van der Waals surface area contributed by atoms with Gasteiger partial charge in [0.05, 0.1) is 11.9 Å². The monoisotopic (exact) mass is 287 g/mol. The van der Waals surface area contributed by atoms with Crippen LogP contribution >= 0.6 is 0 Å². The minimum Gasteiger partial charge on any atom is -0.389 e. The van der Waals surface area contributed by atoms with Crippen LogP contribution < -0.4 is 5.32 Å². The van der Waals surface area contributed by atoms with Crippen molar-refractivity contribution in [1.82, 2.24) is 14.9 Å². The van der Waals surface area contributed by atoms with Crippen LogP contribution in [0.5, 0.6) is 0 Å². The topological polar surface area (TPSA) is 50.1 Å². The summed E-state index contributed by atoms with van der Waals surface area (Å²) in [5, 5.41) is 13.6. The first-order valence-corrected chi connectivity index (χ1v) is 7.47. The molecule has 0 aliphatic rings. The minimum atomic E-state index is -0.648. The molecule has 1 aromatic heterocycles. The normalized spacial score (nSPS) is 14.3. The molecule has 0 saturated heterocycles. The Kier molecular flexibility index (Phi) is 5.15. The van der Waals surface area contributed by atoms with Crippen molar-refractivity contribution in [3.8, 4) is 5.69 Å². The molecule has 0 fully saturated rings. The van der Waals surface area contributed by atoms with E-state index in [0.717, 1.165) is 18.7 Å². The van der Waals surface area contributed by atoms with E-state index in [2.05, 4.69) is 48.4 Å². The number of imidazole rings is 1. The highest BCUT2D eigenvalue weighted by molar-refractivity contribution is 5.34. The van der Waals surface area contributed by atoms with Gasteiger partial charge in [0.2, 0.25) is 0 Å². The summed E-state index contributed by atoms with van der Waals surface area (Å²) < 4.78 is 1.98. The molecule has 2 aromatic rings. The van der Waals surface area contributed by atoms with Gasteiger partial charge >= 0.3 is 0 Å². The number of aromatic nitrogens is 2. The van der Waals surface area contributed by atoms with E-state index in [4.69, 9.17) is 0 Å². The Morgan fingerprint density at radius 3 is 2.57 bits per heavy atom. The van der Waals surface area contributed by atoms with E-state index >= 15 is 0 Å². The number of hydrogen-bond donors (Lipinski definition) is 2. The third-order valence-corrected chi connectivity index (χ3v) is 3.42. The second kappa shape index (κ2) is 6.87. The molecule has 0 amide bonds. The van der Waals surface area contributed by atoms with Gasteiger partial charge in [-0.15, -0.1) is 0 Å². The highest BCUT2D eigenvalue weighted by Crippen LogP contribution is 2.15. The standard InChI is InChI=1S/C17H25N3O/c1-14(2)10-17(3,21)12-19-11-15-4-6-16(7-5-15)20-9-8-18-13-20/h4-9,13-14,19,21H,10-12H2,1-3H3. The van der Waals surface area contributed by atoms with Crippen LogP contribution in [0, 0.1) is 5.92 Å². The predicted molar refractivity (Wildman–Crippen MR) is 85.3 cm³/mol. The maximum absolute atomic E-state index is 10.3. The van der Waals surface area contributed by atoms with E-state index in [9.17, 15) is 5.11 Å². The average molecular weight is 287 g/mol. The maximum Gasteiger partial charge on any atom is 0.0991 e. The Hall–Kier alpha value is -1.65. The van der Waals surface area contributed by atoms with Crippen LogP contribution in [-0.2, 0) is 6.54 Å². The molecule has 1 aromatic carbocycles. The van der Waals surface area contributed by atoms with Crippen LogP contribution in [0.2, 0.25) is 0 Å². The van der Waals surface area contributed by atoms with E-state index in [1.165, 1.54) is 5.56 Å². The molecule has 2 N–H and O–H groups in total. The van der Waals surface area contributed by atoms with E-state index in [0.29, 0.717) is 12.5 Å². The van der Waals surface area contributed by atoms with Gasteiger partial charge in [-0.3, -0.25) is 0 Å². The summed E-state index contributed by atoms with van der Waals surface area (Å²) in [5.41, 5.74) is 1.66. The zero-order valence-electron chi connectivity index (χ0n) is 13.1. The molecule has 2 rings (SSSR count). The molecular weight excluding hydrogens is 262 g/mol. The molecule has 0 radical (unpaired) electrons. The lowest BCUT2D eigenvalue weighted by molar-refractivity contribution is 0.0383. The second-order valence-corrected chi connectivity index (χ2v) is 6.33. The highest BCUT2D eigenvalue weighted by atomic mass is 16.3. The molecule has 1 atom stereocenters. The van der Waals surface area contributed by atoms with E-state index < -0.39 is 5.60 Å². The summed E-state index contributed by atoms with van der Waals surface area (Å²) >= 11 is 0. The van der Waals surface area contributed by atoms with Gasteiger partial charge in [0, 0.05) is 31.2 Å². The summed E-state index contributed by atoms with van der Waals surface area (Å²) in [4.78, 5) is 4.04. The van der Waals surface area contributed by atoms with Gasteiger partial charge in [-0.05, 0) is 37.0 Å². The Balaban J connectivity index is 1.84. The van der Waals surface area contributed by atoms with Gasteiger partial charge in [0.1, 0.15) is 0 Å². The summed E-state index contributed by atoms with van der Waals surface area (Å²) in [7, 11) is 0. The quantitative estimate of drug-likeness (QED) is 0.823. The summed E-state index contributed by atoms with van der Waals surface area (Å²) in [6.45, 7) is 7.52. The molecule has 114 valence electrons. The zero-order valence-corrected chi connectivity index (χ0v) is 13.1. The lowest BCUT2D eigenvalue weighted by Gasteiger charge is -2.25. The largest absolute Gasteiger partial charge is 0.389 e. The second-order valence-electron chi connectivity index (χ2n) is 6.33. The molecule has 0 spiro atoms. The van der Waals surface area contributed by atoms with Crippen LogP contribution in [0.1, 0.15) is 32.8 Å². The third-order valence-electron chi connectivity index (χ3n) is 3.42. The third kappa shape index (κ3) is 4.99.